The zero-order valence-corrected chi connectivity index (χ0v) is 14.8. The van der Waals surface area contributed by atoms with Gasteiger partial charge in [-0.2, -0.15) is 0 Å². The maximum absolute atomic E-state index is 12.1. The molecule has 1 aliphatic rings. The quantitative estimate of drug-likeness (QED) is 0.775. The van der Waals surface area contributed by atoms with Crippen LogP contribution in [-0.2, 0) is 19.1 Å². The number of carbonyl (C=O) groups excluding carboxylic acids is 3. The van der Waals surface area contributed by atoms with E-state index in [2.05, 4.69) is 10.6 Å². The molecule has 0 spiro atoms. The third kappa shape index (κ3) is 6.21. The molecule has 1 atom stereocenters. The molecule has 0 bridgehead atoms. The molecule has 0 unspecified atom stereocenters. The molecule has 1 aliphatic carbocycles. The van der Waals surface area contributed by atoms with Gasteiger partial charge in [-0.25, -0.2) is 0 Å². The molecule has 2 N–H and O–H groups in total. The van der Waals surface area contributed by atoms with E-state index in [1.807, 2.05) is 25.1 Å². The highest BCUT2D eigenvalue weighted by atomic mass is 16.5. The van der Waals surface area contributed by atoms with Crippen molar-refractivity contribution < 1.29 is 19.1 Å². The van der Waals surface area contributed by atoms with Gasteiger partial charge in [-0.3, -0.25) is 14.4 Å². The fourth-order valence-corrected chi connectivity index (χ4v) is 2.93. The lowest BCUT2D eigenvalue weighted by Crippen LogP contribution is -2.38. The fourth-order valence-electron chi connectivity index (χ4n) is 2.93. The molecule has 2 rings (SSSR count). The van der Waals surface area contributed by atoms with Crippen molar-refractivity contribution >= 4 is 23.5 Å². The fraction of sp³-hybridized carbons (Fsp3) is 0.526. The SMILES string of the molecule is Cc1cccc(NC(=O)[C@H](C)OC(=O)CNC(=O)C2CCCCC2)c1. The molecule has 0 radical (unpaired) electrons. The Hall–Kier alpha value is -2.37. The summed E-state index contributed by atoms with van der Waals surface area (Å²) in [5.74, 6) is -1.13. The lowest BCUT2D eigenvalue weighted by molar-refractivity contribution is -0.153. The van der Waals surface area contributed by atoms with Gasteiger partial charge >= 0.3 is 5.97 Å². The Kier molecular flexibility index (Phi) is 6.98. The van der Waals surface area contributed by atoms with E-state index in [4.69, 9.17) is 4.74 Å². The van der Waals surface area contributed by atoms with Crippen molar-refractivity contribution in [3.63, 3.8) is 0 Å². The first kappa shape index (κ1) is 19.0. The Balaban J connectivity index is 1.73. The smallest absolute Gasteiger partial charge is 0.326 e. The van der Waals surface area contributed by atoms with Crippen molar-refractivity contribution in [1.82, 2.24) is 5.32 Å². The molecule has 0 aliphatic heterocycles. The number of ether oxygens (including phenoxy) is 1. The van der Waals surface area contributed by atoms with Gasteiger partial charge in [-0.1, -0.05) is 31.4 Å². The monoisotopic (exact) mass is 346 g/mol. The number of esters is 1. The molecule has 1 saturated carbocycles. The minimum Gasteiger partial charge on any atom is -0.451 e. The number of amides is 2. The van der Waals surface area contributed by atoms with Crippen molar-refractivity contribution in [2.75, 3.05) is 11.9 Å². The van der Waals surface area contributed by atoms with Crippen LogP contribution in [0.3, 0.4) is 0 Å². The van der Waals surface area contributed by atoms with E-state index < -0.39 is 18.0 Å². The van der Waals surface area contributed by atoms with E-state index in [-0.39, 0.29) is 18.4 Å². The Bertz CT molecular complexity index is 624. The Morgan fingerprint density at radius 2 is 1.92 bits per heavy atom. The normalized spacial score (nSPS) is 15.9. The van der Waals surface area contributed by atoms with Gasteiger partial charge in [0, 0.05) is 11.6 Å². The van der Waals surface area contributed by atoms with Crippen LogP contribution in [0.25, 0.3) is 0 Å². The summed E-state index contributed by atoms with van der Waals surface area (Å²) in [4.78, 5) is 35.9. The van der Waals surface area contributed by atoms with Crippen LogP contribution in [-0.4, -0.2) is 30.4 Å². The molecule has 1 aromatic carbocycles. The van der Waals surface area contributed by atoms with Gasteiger partial charge < -0.3 is 15.4 Å². The summed E-state index contributed by atoms with van der Waals surface area (Å²) in [7, 11) is 0. The van der Waals surface area contributed by atoms with Crippen molar-refractivity contribution in [2.24, 2.45) is 5.92 Å². The number of hydrogen-bond donors (Lipinski definition) is 2. The number of nitrogens with one attached hydrogen (secondary N) is 2. The molecular weight excluding hydrogens is 320 g/mol. The number of rotatable bonds is 6. The second kappa shape index (κ2) is 9.20. The number of hydrogen-bond acceptors (Lipinski definition) is 4. The molecule has 1 aromatic rings. The number of aryl methyl sites for hydroxylation is 1. The third-order valence-corrected chi connectivity index (χ3v) is 4.35. The van der Waals surface area contributed by atoms with E-state index in [0.717, 1.165) is 31.2 Å². The van der Waals surface area contributed by atoms with E-state index in [0.29, 0.717) is 5.69 Å². The summed E-state index contributed by atoms with van der Waals surface area (Å²) in [6.45, 7) is 3.22. The Morgan fingerprint density at radius 1 is 1.20 bits per heavy atom. The van der Waals surface area contributed by atoms with Crippen molar-refractivity contribution in [3.8, 4) is 0 Å². The van der Waals surface area contributed by atoms with E-state index >= 15 is 0 Å². The van der Waals surface area contributed by atoms with Gasteiger partial charge in [0.05, 0.1) is 0 Å². The molecule has 25 heavy (non-hydrogen) atoms. The van der Waals surface area contributed by atoms with Crippen molar-refractivity contribution in [3.05, 3.63) is 29.8 Å². The van der Waals surface area contributed by atoms with E-state index in [1.165, 1.54) is 13.3 Å². The summed E-state index contributed by atoms with van der Waals surface area (Å²) in [6, 6.07) is 7.36. The highest BCUT2D eigenvalue weighted by molar-refractivity contribution is 5.95. The molecule has 2 amide bonds. The Labute approximate surface area is 148 Å². The van der Waals surface area contributed by atoms with Gasteiger partial charge in [-0.15, -0.1) is 0 Å². The third-order valence-electron chi connectivity index (χ3n) is 4.35. The first-order chi connectivity index (χ1) is 12.0. The van der Waals surface area contributed by atoms with Gasteiger partial charge in [0.25, 0.3) is 5.91 Å². The molecule has 0 aromatic heterocycles. The highest BCUT2D eigenvalue weighted by Crippen LogP contribution is 2.23. The molecule has 6 nitrogen and oxygen atoms in total. The van der Waals surface area contributed by atoms with Crippen molar-refractivity contribution in [2.45, 2.75) is 52.1 Å². The topological polar surface area (TPSA) is 84.5 Å². The highest BCUT2D eigenvalue weighted by Gasteiger charge is 2.23. The second-order valence-electron chi connectivity index (χ2n) is 6.54. The summed E-state index contributed by atoms with van der Waals surface area (Å²) >= 11 is 0. The zero-order valence-electron chi connectivity index (χ0n) is 14.8. The van der Waals surface area contributed by atoms with Crippen LogP contribution in [0.4, 0.5) is 5.69 Å². The van der Waals surface area contributed by atoms with E-state index in [9.17, 15) is 14.4 Å². The number of benzene rings is 1. The molecule has 1 fully saturated rings. The van der Waals surface area contributed by atoms with Crippen LogP contribution in [0.5, 0.6) is 0 Å². The second-order valence-corrected chi connectivity index (χ2v) is 6.54. The largest absolute Gasteiger partial charge is 0.451 e. The lowest BCUT2D eigenvalue weighted by Gasteiger charge is -2.20. The molecule has 0 saturated heterocycles. The van der Waals surface area contributed by atoms with Crippen molar-refractivity contribution in [1.29, 1.82) is 0 Å². The van der Waals surface area contributed by atoms with Crippen LogP contribution < -0.4 is 10.6 Å². The van der Waals surface area contributed by atoms with E-state index in [1.54, 1.807) is 6.07 Å². The molecule has 0 heterocycles. The predicted octanol–water partition coefficient (Wildman–Crippen LogP) is 2.56. The van der Waals surface area contributed by atoms with Crippen LogP contribution in [0.2, 0.25) is 0 Å². The molecule has 6 heteroatoms. The minimum atomic E-state index is -0.931. The van der Waals surface area contributed by atoms with Gasteiger partial charge in [0.1, 0.15) is 6.54 Å². The van der Waals surface area contributed by atoms with Gasteiger partial charge in [0.15, 0.2) is 6.10 Å². The lowest BCUT2D eigenvalue weighted by atomic mass is 9.89. The predicted molar refractivity (Wildman–Crippen MR) is 94.9 cm³/mol. The van der Waals surface area contributed by atoms with Crippen LogP contribution in [0.1, 0.15) is 44.6 Å². The average Bonchev–Trinajstić information content (AvgIpc) is 2.60. The summed E-state index contributed by atoms with van der Waals surface area (Å²) < 4.78 is 5.09. The maximum Gasteiger partial charge on any atom is 0.326 e. The summed E-state index contributed by atoms with van der Waals surface area (Å²) in [5, 5.41) is 5.31. The Morgan fingerprint density at radius 3 is 2.60 bits per heavy atom. The standard InChI is InChI=1S/C19H26N2O4/c1-13-7-6-10-16(11-13)21-18(23)14(2)25-17(22)12-20-19(24)15-8-4-3-5-9-15/h6-7,10-11,14-15H,3-5,8-9,12H2,1-2H3,(H,20,24)(H,21,23)/t14-/m0/s1. The zero-order chi connectivity index (χ0) is 18.2. The van der Waals surface area contributed by atoms with Crippen LogP contribution in [0.15, 0.2) is 24.3 Å². The number of anilines is 1. The van der Waals surface area contributed by atoms with Gasteiger partial charge in [-0.05, 0) is 44.4 Å². The summed E-state index contributed by atoms with van der Waals surface area (Å²) in [5.41, 5.74) is 1.67. The first-order valence-corrected chi connectivity index (χ1v) is 8.80. The number of carbonyl (C=O) groups is 3. The maximum atomic E-state index is 12.1. The van der Waals surface area contributed by atoms with Crippen LogP contribution >= 0.6 is 0 Å². The van der Waals surface area contributed by atoms with Crippen LogP contribution in [0, 0.1) is 12.8 Å². The minimum absolute atomic E-state index is 0.0106. The molecular formula is C19H26N2O4. The average molecular weight is 346 g/mol. The molecule has 136 valence electrons. The summed E-state index contributed by atoms with van der Waals surface area (Å²) in [6.07, 6.45) is 4.09. The van der Waals surface area contributed by atoms with Gasteiger partial charge in [0.2, 0.25) is 5.91 Å². The first-order valence-electron chi connectivity index (χ1n) is 8.80.